The summed E-state index contributed by atoms with van der Waals surface area (Å²) < 4.78 is 1.89. The molecule has 31 heavy (non-hydrogen) atoms. The van der Waals surface area contributed by atoms with Crippen molar-refractivity contribution in [3.05, 3.63) is 82.8 Å². The lowest BCUT2D eigenvalue weighted by Crippen LogP contribution is -2.39. The molecule has 6 nitrogen and oxygen atoms in total. The lowest BCUT2D eigenvalue weighted by Gasteiger charge is -2.27. The maximum atomic E-state index is 13.4. The first kappa shape index (κ1) is 20.8. The molecule has 0 saturated heterocycles. The number of hydrogen-bond acceptors (Lipinski definition) is 4. The summed E-state index contributed by atoms with van der Waals surface area (Å²) in [5.41, 5.74) is 2.53. The number of thiophene rings is 1. The number of anilines is 1. The van der Waals surface area contributed by atoms with E-state index in [1.807, 2.05) is 84.5 Å². The Morgan fingerprint density at radius 2 is 1.77 bits per heavy atom. The molecule has 2 aromatic carbocycles. The number of carbonyl (C=O) groups excluding carboxylic acids is 2. The third-order valence-corrected chi connectivity index (χ3v) is 5.87. The Morgan fingerprint density at radius 3 is 2.48 bits per heavy atom. The van der Waals surface area contributed by atoms with Gasteiger partial charge in [-0.2, -0.15) is 0 Å². The Bertz CT molecular complexity index is 1180. The lowest BCUT2D eigenvalue weighted by molar-refractivity contribution is -0.119. The molecule has 2 aromatic heterocycles. The van der Waals surface area contributed by atoms with Crippen molar-refractivity contribution in [2.45, 2.75) is 33.0 Å². The highest BCUT2D eigenvalue weighted by atomic mass is 32.1. The molecule has 0 aliphatic rings. The zero-order chi connectivity index (χ0) is 21.8. The normalized spacial score (nSPS) is 11.1. The van der Waals surface area contributed by atoms with Gasteiger partial charge >= 0.3 is 0 Å². The molecule has 4 aromatic rings. The Morgan fingerprint density at radius 1 is 1.03 bits per heavy atom. The number of fused-ring (bicyclic) bond motifs is 1. The molecule has 158 valence electrons. The van der Waals surface area contributed by atoms with Crippen LogP contribution in [0.4, 0.5) is 5.69 Å². The van der Waals surface area contributed by atoms with Gasteiger partial charge in [-0.25, -0.2) is 4.98 Å². The molecular formula is C24H24N4O2S. The highest BCUT2D eigenvalue weighted by Crippen LogP contribution is 2.21. The molecule has 2 amide bonds. The highest BCUT2D eigenvalue weighted by molar-refractivity contribution is 7.12. The third-order valence-electron chi connectivity index (χ3n) is 5.00. The number of carbonyl (C=O) groups is 2. The molecule has 7 heteroatoms. The maximum Gasteiger partial charge on any atom is 0.261 e. The van der Waals surface area contributed by atoms with Crippen molar-refractivity contribution in [1.82, 2.24) is 14.9 Å². The van der Waals surface area contributed by atoms with Gasteiger partial charge in [0, 0.05) is 11.7 Å². The van der Waals surface area contributed by atoms with Gasteiger partial charge in [-0.1, -0.05) is 36.4 Å². The predicted octanol–water partition coefficient (Wildman–Crippen LogP) is 4.47. The fourth-order valence-electron chi connectivity index (χ4n) is 3.62. The molecule has 1 N–H and O–H groups in total. The van der Waals surface area contributed by atoms with Crippen molar-refractivity contribution >= 4 is 39.9 Å². The number of amides is 2. The number of rotatable bonds is 7. The van der Waals surface area contributed by atoms with Gasteiger partial charge in [-0.3, -0.25) is 9.59 Å². The topological polar surface area (TPSA) is 67.2 Å². The van der Waals surface area contributed by atoms with Crippen LogP contribution in [0, 0.1) is 0 Å². The van der Waals surface area contributed by atoms with E-state index in [0.29, 0.717) is 10.7 Å². The lowest BCUT2D eigenvalue weighted by atomic mass is 10.2. The summed E-state index contributed by atoms with van der Waals surface area (Å²) >= 11 is 1.39. The molecule has 0 bridgehead atoms. The number of para-hydroxylation sites is 3. The zero-order valence-electron chi connectivity index (χ0n) is 17.5. The summed E-state index contributed by atoms with van der Waals surface area (Å²) in [5.74, 6) is 0.472. The molecular weight excluding hydrogens is 408 g/mol. The van der Waals surface area contributed by atoms with Crippen LogP contribution in [-0.2, 0) is 17.9 Å². The molecule has 0 spiro atoms. The third kappa shape index (κ3) is 4.51. The summed E-state index contributed by atoms with van der Waals surface area (Å²) in [4.78, 5) is 32.9. The number of nitrogens with zero attached hydrogens (tertiary/aromatic N) is 3. The predicted molar refractivity (Wildman–Crippen MR) is 124 cm³/mol. The van der Waals surface area contributed by atoms with E-state index < -0.39 is 0 Å². The van der Waals surface area contributed by atoms with Crippen LogP contribution < -0.4 is 10.2 Å². The molecule has 0 radical (unpaired) electrons. The van der Waals surface area contributed by atoms with Gasteiger partial charge in [0.2, 0.25) is 5.91 Å². The Hall–Kier alpha value is -3.45. The first-order valence-corrected chi connectivity index (χ1v) is 11.1. The average Bonchev–Trinajstić information content (AvgIpc) is 3.42. The van der Waals surface area contributed by atoms with E-state index in [1.165, 1.54) is 11.3 Å². The fraction of sp³-hybridized carbons (Fsp3) is 0.208. The number of nitrogens with one attached hydrogen (secondary N) is 1. The van der Waals surface area contributed by atoms with Crippen LogP contribution in [0.5, 0.6) is 0 Å². The smallest absolute Gasteiger partial charge is 0.261 e. The van der Waals surface area contributed by atoms with Crippen molar-refractivity contribution in [2.75, 3.05) is 4.90 Å². The molecule has 0 aliphatic carbocycles. The molecule has 0 saturated carbocycles. The maximum absolute atomic E-state index is 13.4. The van der Waals surface area contributed by atoms with E-state index in [1.54, 1.807) is 11.0 Å². The van der Waals surface area contributed by atoms with Crippen LogP contribution in [0.25, 0.3) is 11.0 Å². The van der Waals surface area contributed by atoms with Gasteiger partial charge in [0.05, 0.1) is 22.5 Å². The van der Waals surface area contributed by atoms with Crippen LogP contribution in [0.2, 0.25) is 0 Å². The van der Waals surface area contributed by atoms with E-state index in [4.69, 9.17) is 0 Å². The van der Waals surface area contributed by atoms with E-state index in [0.717, 1.165) is 16.7 Å². The average molecular weight is 433 g/mol. The molecule has 0 fully saturated rings. The van der Waals surface area contributed by atoms with Gasteiger partial charge in [0.15, 0.2) is 0 Å². The van der Waals surface area contributed by atoms with Crippen LogP contribution >= 0.6 is 11.3 Å². The highest BCUT2D eigenvalue weighted by Gasteiger charge is 2.22. The second kappa shape index (κ2) is 9.14. The van der Waals surface area contributed by atoms with Crippen LogP contribution in [0.15, 0.2) is 72.1 Å². The van der Waals surface area contributed by atoms with E-state index in [9.17, 15) is 9.59 Å². The summed E-state index contributed by atoms with van der Waals surface area (Å²) in [6, 6.07) is 21.0. The van der Waals surface area contributed by atoms with E-state index in [2.05, 4.69) is 10.3 Å². The summed E-state index contributed by atoms with van der Waals surface area (Å²) in [6.07, 6.45) is 0. The van der Waals surface area contributed by atoms with Crippen molar-refractivity contribution in [2.24, 2.45) is 0 Å². The van der Waals surface area contributed by atoms with Gasteiger partial charge in [-0.05, 0) is 49.6 Å². The second-order valence-corrected chi connectivity index (χ2v) is 8.40. The molecule has 2 heterocycles. The minimum atomic E-state index is -0.145. The van der Waals surface area contributed by atoms with Crippen molar-refractivity contribution in [1.29, 1.82) is 0 Å². The first-order chi connectivity index (χ1) is 15.0. The second-order valence-electron chi connectivity index (χ2n) is 7.46. The van der Waals surface area contributed by atoms with Crippen molar-refractivity contribution in [3.63, 3.8) is 0 Å². The molecule has 4 rings (SSSR count). The van der Waals surface area contributed by atoms with Crippen LogP contribution in [-0.4, -0.2) is 27.4 Å². The van der Waals surface area contributed by atoms with Gasteiger partial charge in [0.25, 0.3) is 5.91 Å². The number of hydrogen-bond donors (Lipinski definition) is 1. The summed E-state index contributed by atoms with van der Waals surface area (Å²) in [6.45, 7) is 4.38. The number of aromatic nitrogens is 2. The fourth-order valence-corrected chi connectivity index (χ4v) is 4.26. The van der Waals surface area contributed by atoms with E-state index >= 15 is 0 Å². The quantitative estimate of drug-likeness (QED) is 0.469. The van der Waals surface area contributed by atoms with Crippen LogP contribution in [0.1, 0.15) is 29.3 Å². The van der Waals surface area contributed by atoms with E-state index in [-0.39, 0.29) is 30.9 Å². The SMILES string of the molecule is CC(C)N(C(=O)Cn1c(CNC(=O)c2cccs2)nc2ccccc21)c1ccccc1. The Balaban J connectivity index is 1.62. The Labute approximate surface area is 185 Å². The van der Waals surface area contributed by atoms with Gasteiger partial charge in [-0.15, -0.1) is 11.3 Å². The minimum Gasteiger partial charge on any atom is -0.344 e. The zero-order valence-corrected chi connectivity index (χ0v) is 18.3. The molecule has 0 aliphatic heterocycles. The van der Waals surface area contributed by atoms with Crippen LogP contribution in [0.3, 0.4) is 0 Å². The summed E-state index contributed by atoms with van der Waals surface area (Å²) in [5, 5.41) is 4.79. The molecule has 0 unspecified atom stereocenters. The summed E-state index contributed by atoms with van der Waals surface area (Å²) in [7, 11) is 0. The first-order valence-electron chi connectivity index (χ1n) is 10.2. The largest absolute Gasteiger partial charge is 0.344 e. The number of benzene rings is 2. The van der Waals surface area contributed by atoms with Crippen molar-refractivity contribution < 1.29 is 9.59 Å². The van der Waals surface area contributed by atoms with Gasteiger partial charge in [0.1, 0.15) is 12.4 Å². The molecule has 0 atom stereocenters. The minimum absolute atomic E-state index is 0.00617. The Kier molecular flexibility index (Phi) is 6.13. The van der Waals surface area contributed by atoms with Crippen molar-refractivity contribution in [3.8, 4) is 0 Å². The van der Waals surface area contributed by atoms with Gasteiger partial charge < -0.3 is 14.8 Å². The standard InChI is InChI=1S/C24H24N4O2S/c1-17(2)28(18-9-4-3-5-10-18)23(29)16-27-20-12-7-6-11-19(20)26-22(27)15-25-24(30)21-13-8-14-31-21/h3-14,17H,15-16H2,1-2H3,(H,25,30). The monoisotopic (exact) mass is 432 g/mol. The number of imidazole rings is 1.